The summed E-state index contributed by atoms with van der Waals surface area (Å²) in [6.07, 6.45) is 2.81. The van der Waals surface area contributed by atoms with E-state index >= 15 is 0 Å². The molecule has 0 aromatic carbocycles. The maximum atomic E-state index is 11.2. The average molecular weight is 277 g/mol. The van der Waals surface area contributed by atoms with Crippen molar-refractivity contribution in [2.24, 2.45) is 0 Å². The molecule has 0 saturated heterocycles. The van der Waals surface area contributed by atoms with E-state index in [4.69, 9.17) is 0 Å². The number of nitrogens with one attached hydrogen (secondary N) is 2. The Morgan fingerprint density at radius 1 is 1.40 bits per heavy atom. The minimum absolute atomic E-state index is 0.0146. The highest BCUT2D eigenvalue weighted by Crippen LogP contribution is 2.13. The van der Waals surface area contributed by atoms with Gasteiger partial charge in [0.25, 0.3) is 0 Å². The monoisotopic (exact) mass is 277 g/mol. The minimum Gasteiger partial charge on any atom is -0.351 e. The van der Waals surface area contributed by atoms with Gasteiger partial charge in [0.15, 0.2) is 0 Å². The zero-order chi connectivity index (χ0) is 15.3. The van der Waals surface area contributed by atoms with Crippen LogP contribution in [-0.4, -0.2) is 22.5 Å². The van der Waals surface area contributed by atoms with Gasteiger partial charge in [-0.25, -0.2) is 0 Å². The van der Waals surface area contributed by atoms with Crippen molar-refractivity contribution in [1.29, 1.82) is 0 Å². The molecule has 1 heterocycles. The molecule has 4 heteroatoms. The molecule has 112 valence electrons. The van der Waals surface area contributed by atoms with Gasteiger partial charge in [0.2, 0.25) is 5.91 Å². The predicted molar refractivity (Wildman–Crippen MR) is 82.5 cm³/mol. The van der Waals surface area contributed by atoms with Crippen molar-refractivity contribution in [3.8, 4) is 0 Å². The summed E-state index contributed by atoms with van der Waals surface area (Å²) in [5, 5.41) is 6.47. The lowest BCUT2D eigenvalue weighted by molar-refractivity contribution is -0.120. The maximum absolute atomic E-state index is 11.2. The van der Waals surface area contributed by atoms with E-state index in [0.717, 1.165) is 18.7 Å². The highest BCUT2D eigenvalue weighted by molar-refractivity contribution is 5.73. The van der Waals surface area contributed by atoms with Crippen LogP contribution in [0.1, 0.15) is 50.9 Å². The second kappa shape index (κ2) is 6.84. The number of hydrogen-bond acceptors (Lipinski definition) is 3. The van der Waals surface area contributed by atoms with Gasteiger partial charge in [0, 0.05) is 36.9 Å². The van der Waals surface area contributed by atoms with Crippen LogP contribution in [0.4, 0.5) is 0 Å². The molecule has 0 aliphatic carbocycles. The number of carbonyl (C=O) groups excluding carboxylic acids is 1. The molecular weight excluding hydrogens is 250 g/mol. The lowest BCUT2D eigenvalue weighted by Gasteiger charge is -2.29. The first-order valence-corrected chi connectivity index (χ1v) is 7.14. The topological polar surface area (TPSA) is 54.0 Å². The summed E-state index contributed by atoms with van der Waals surface area (Å²) < 4.78 is 0. The van der Waals surface area contributed by atoms with E-state index < -0.39 is 0 Å². The summed E-state index contributed by atoms with van der Waals surface area (Å²) in [4.78, 5) is 15.5. The standard InChI is InChI=1S/C16H27N3O/c1-11-7-12(2)17-9-15(11)10-18-13(3)8-16(5,6)19-14(4)20/h7,9,13,18H,8,10H2,1-6H3,(H,19,20)/t13-/m1/s1. The number of aromatic nitrogens is 1. The molecule has 0 saturated carbocycles. The summed E-state index contributed by atoms with van der Waals surface area (Å²) in [7, 11) is 0. The van der Waals surface area contributed by atoms with E-state index in [1.807, 2.05) is 27.0 Å². The summed E-state index contributed by atoms with van der Waals surface area (Å²) in [5.41, 5.74) is 3.34. The van der Waals surface area contributed by atoms with Gasteiger partial charge in [0.05, 0.1) is 0 Å². The van der Waals surface area contributed by atoms with E-state index in [1.54, 1.807) is 6.92 Å². The van der Waals surface area contributed by atoms with Crippen LogP contribution >= 0.6 is 0 Å². The van der Waals surface area contributed by atoms with E-state index in [9.17, 15) is 4.79 Å². The van der Waals surface area contributed by atoms with E-state index in [1.165, 1.54) is 11.1 Å². The lowest BCUT2D eigenvalue weighted by atomic mass is 9.95. The molecule has 0 unspecified atom stereocenters. The number of pyridine rings is 1. The first-order valence-electron chi connectivity index (χ1n) is 7.14. The fourth-order valence-electron chi connectivity index (χ4n) is 2.56. The quantitative estimate of drug-likeness (QED) is 0.840. The van der Waals surface area contributed by atoms with Gasteiger partial charge >= 0.3 is 0 Å². The second-order valence-corrected chi connectivity index (χ2v) is 6.30. The van der Waals surface area contributed by atoms with Crippen LogP contribution in [0.25, 0.3) is 0 Å². The third-order valence-corrected chi connectivity index (χ3v) is 3.33. The summed E-state index contributed by atoms with van der Waals surface area (Å²) in [5.74, 6) is 0.0146. The number of hydrogen-bond donors (Lipinski definition) is 2. The molecule has 20 heavy (non-hydrogen) atoms. The molecule has 0 spiro atoms. The van der Waals surface area contributed by atoms with Crippen LogP contribution in [0.3, 0.4) is 0 Å². The molecular formula is C16H27N3O. The lowest BCUT2D eigenvalue weighted by Crippen LogP contribution is -2.46. The van der Waals surface area contributed by atoms with Gasteiger partial charge in [-0.1, -0.05) is 0 Å². The van der Waals surface area contributed by atoms with Crippen molar-refractivity contribution in [2.75, 3.05) is 0 Å². The predicted octanol–water partition coefficient (Wildman–Crippen LogP) is 2.48. The number of rotatable bonds is 6. The van der Waals surface area contributed by atoms with Crippen molar-refractivity contribution in [2.45, 2.75) is 66.1 Å². The SMILES string of the molecule is CC(=O)NC(C)(C)C[C@@H](C)NCc1cnc(C)cc1C. The largest absolute Gasteiger partial charge is 0.351 e. The van der Waals surface area contributed by atoms with Crippen molar-refractivity contribution < 1.29 is 4.79 Å². The van der Waals surface area contributed by atoms with Crippen LogP contribution in [0.5, 0.6) is 0 Å². The Hall–Kier alpha value is -1.42. The Balaban J connectivity index is 2.50. The molecule has 1 rings (SSSR count). The van der Waals surface area contributed by atoms with Crippen molar-refractivity contribution in [1.82, 2.24) is 15.6 Å². The first-order chi connectivity index (χ1) is 9.19. The Morgan fingerprint density at radius 2 is 2.05 bits per heavy atom. The van der Waals surface area contributed by atoms with Crippen LogP contribution in [0.2, 0.25) is 0 Å². The molecule has 0 bridgehead atoms. The smallest absolute Gasteiger partial charge is 0.217 e. The first kappa shape index (κ1) is 16.6. The highest BCUT2D eigenvalue weighted by Gasteiger charge is 2.21. The normalized spacial score (nSPS) is 13.1. The molecule has 1 aromatic heterocycles. The van der Waals surface area contributed by atoms with Crippen molar-refractivity contribution >= 4 is 5.91 Å². The number of nitrogens with zero attached hydrogens (tertiary/aromatic N) is 1. The van der Waals surface area contributed by atoms with E-state index in [2.05, 4.69) is 35.5 Å². The Labute approximate surface area is 122 Å². The van der Waals surface area contributed by atoms with Gasteiger partial charge in [-0.15, -0.1) is 0 Å². The fourth-order valence-corrected chi connectivity index (χ4v) is 2.56. The number of carbonyl (C=O) groups is 1. The molecule has 1 aromatic rings. The third kappa shape index (κ3) is 5.70. The van der Waals surface area contributed by atoms with Gasteiger partial charge in [-0.05, 0) is 58.2 Å². The molecule has 0 radical (unpaired) electrons. The Bertz CT molecular complexity index is 469. The Morgan fingerprint density at radius 3 is 2.60 bits per heavy atom. The van der Waals surface area contributed by atoms with Gasteiger partial charge in [0.1, 0.15) is 0 Å². The molecule has 0 aliphatic heterocycles. The zero-order valence-electron chi connectivity index (χ0n) is 13.5. The van der Waals surface area contributed by atoms with Gasteiger partial charge in [-0.3, -0.25) is 9.78 Å². The molecule has 1 atom stereocenters. The maximum Gasteiger partial charge on any atom is 0.217 e. The summed E-state index contributed by atoms with van der Waals surface area (Å²) in [6.45, 7) is 12.7. The van der Waals surface area contributed by atoms with Crippen LogP contribution in [-0.2, 0) is 11.3 Å². The van der Waals surface area contributed by atoms with E-state index in [0.29, 0.717) is 6.04 Å². The third-order valence-electron chi connectivity index (χ3n) is 3.33. The van der Waals surface area contributed by atoms with Gasteiger partial charge in [-0.2, -0.15) is 0 Å². The molecule has 1 amide bonds. The fraction of sp³-hybridized carbons (Fsp3) is 0.625. The number of amides is 1. The highest BCUT2D eigenvalue weighted by atomic mass is 16.1. The zero-order valence-corrected chi connectivity index (χ0v) is 13.5. The van der Waals surface area contributed by atoms with Crippen molar-refractivity contribution in [3.63, 3.8) is 0 Å². The molecule has 0 fully saturated rings. The Kier molecular flexibility index (Phi) is 5.69. The minimum atomic E-state index is -0.196. The summed E-state index contributed by atoms with van der Waals surface area (Å²) >= 11 is 0. The van der Waals surface area contributed by atoms with Crippen molar-refractivity contribution in [3.05, 3.63) is 29.1 Å². The van der Waals surface area contributed by atoms with Crippen LogP contribution in [0.15, 0.2) is 12.3 Å². The van der Waals surface area contributed by atoms with Crippen LogP contribution < -0.4 is 10.6 Å². The molecule has 4 nitrogen and oxygen atoms in total. The van der Waals surface area contributed by atoms with E-state index in [-0.39, 0.29) is 11.4 Å². The van der Waals surface area contributed by atoms with Gasteiger partial charge < -0.3 is 10.6 Å². The molecule has 2 N–H and O–H groups in total. The summed E-state index contributed by atoms with van der Waals surface area (Å²) in [6, 6.07) is 2.42. The molecule has 0 aliphatic rings. The average Bonchev–Trinajstić information content (AvgIpc) is 2.24. The number of aryl methyl sites for hydroxylation is 2. The second-order valence-electron chi connectivity index (χ2n) is 6.30. The van der Waals surface area contributed by atoms with Crippen LogP contribution in [0, 0.1) is 13.8 Å².